The zero-order chi connectivity index (χ0) is 18.2. The molecule has 138 valence electrons. The molecule has 0 aliphatic carbocycles. The maximum Gasteiger partial charge on any atom is 0.318 e. The number of ether oxygens (including phenoxy) is 1. The van der Waals surface area contributed by atoms with E-state index in [4.69, 9.17) is 4.74 Å². The molecule has 3 rings (SSSR count). The van der Waals surface area contributed by atoms with Gasteiger partial charge in [0.25, 0.3) is 0 Å². The van der Waals surface area contributed by atoms with E-state index in [2.05, 4.69) is 17.2 Å². The number of hydrogen-bond donors (Lipinski definition) is 1. The van der Waals surface area contributed by atoms with E-state index in [0.717, 1.165) is 18.4 Å². The van der Waals surface area contributed by atoms with Crippen LogP contribution in [0.25, 0.3) is 0 Å². The van der Waals surface area contributed by atoms with E-state index in [9.17, 15) is 9.59 Å². The predicted molar refractivity (Wildman–Crippen MR) is 98.4 cm³/mol. The number of morpholine rings is 1. The number of piperidine rings is 1. The maximum atomic E-state index is 12.5. The lowest BCUT2D eigenvalue weighted by Crippen LogP contribution is -2.49. The Labute approximate surface area is 154 Å². The molecule has 1 aromatic rings. The average Bonchev–Trinajstić information content (AvgIpc) is 2.72. The molecule has 2 fully saturated rings. The van der Waals surface area contributed by atoms with E-state index in [0.29, 0.717) is 45.9 Å². The van der Waals surface area contributed by atoms with Gasteiger partial charge in [-0.05, 0) is 25.0 Å². The van der Waals surface area contributed by atoms with Gasteiger partial charge in [-0.1, -0.05) is 30.0 Å². The number of likely N-dealkylation sites (tertiary alicyclic amines) is 1. The molecule has 0 unspecified atom stereocenters. The molecule has 0 saturated carbocycles. The molecular weight excluding hydrogens is 330 g/mol. The molecule has 2 aliphatic rings. The summed E-state index contributed by atoms with van der Waals surface area (Å²) < 4.78 is 5.29. The van der Waals surface area contributed by atoms with Gasteiger partial charge in [-0.15, -0.1) is 0 Å². The number of benzene rings is 1. The SMILES string of the molecule is O=C(NCC#Cc1ccccc1)N1CCC(C(=O)N2CCOCC2)CC1. The van der Waals surface area contributed by atoms with E-state index in [1.807, 2.05) is 35.2 Å². The fourth-order valence-corrected chi connectivity index (χ4v) is 3.27. The van der Waals surface area contributed by atoms with E-state index in [1.165, 1.54) is 0 Å². The van der Waals surface area contributed by atoms with Gasteiger partial charge in [0.2, 0.25) is 5.91 Å². The van der Waals surface area contributed by atoms with Crippen LogP contribution in [0.4, 0.5) is 4.79 Å². The van der Waals surface area contributed by atoms with Crippen LogP contribution in [0.2, 0.25) is 0 Å². The molecule has 6 heteroatoms. The second kappa shape index (κ2) is 9.25. The minimum absolute atomic E-state index is 0.0232. The third-order valence-corrected chi connectivity index (χ3v) is 4.79. The van der Waals surface area contributed by atoms with Crippen molar-refractivity contribution in [3.8, 4) is 11.8 Å². The van der Waals surface area contributed by atoms with Gasteiger partial charge in [0, 0.05) is 37.7 Å². The zero-order valence-corrected chi connectivity index (χ0v) is 14.9. The van der Waals surface area contributed by atoms with Crippen LogP contribution in [0.15, 0.2) is 30.3 Å². The molecule has 1 N–H and O–H groups in total. The molecule has 0 aromatic heterocycles. The first-order valence-corrected chi connectivity index (χ1v) is 9.17. The molecule has 2 aliphatic heterocycles. The first-order valence-electron chi connectivity index (χ1n) is 9.17. The molecule has 1 aromatic carbocycles. The van der Waals surface area contributed by atoms with Crippen LogP contribution in [0.1, 0.15) is 18.4 Å². The first-order chi connectivity index (χ1) is 12.7. The van der Waals surface area contributed by atoms with E-state index >= 15 is 0 Å². The van der Waals surface area contributed by atoms with Gasteiger partial charge in [-0.3, -0.25) is 4.79 Å². The van der Waals surface area contributed by atoms with Crippen molar-refractivity contribution < 1.29 is 14.3 Å². The number of carbonyl (C=O) groups is 2. The summed E-state index contributed by atoms with van der Waals surface area (Å²) in [7, 11) is 0. The lowest BCUT2D eigenvalue weighted by atomic mass is 9.95. The van der Waals surface area contributed by atoms with Crippen LogP contribution >= 0.6 is 0 Å². The van der Waals surface area contributed by atoms with Crippen LogP contribution < -0.4 is 5.32 Å². The number of hydrogen-bond acceptors (Lipinski definition) is 3. The summed E-state index contributed by atoms with van der Waals surface area (Å²) >= 11 is 0. The molecule has 3 amide bonds. The summed E-state index contributed by atoms with van der Waals surface area (Å²) in [6, 6.07) is 9.58. The minimum atomic E-state index is -0.107. The third kappa shape index (κ3) is 4.99. The summed E-state index contributed by atoms with van der Waals surface area (Å²) in [5.74, 6) is 6.21. The Morgan fingerprint density at radius 1 is 1.04 bits per heavy atom. The normalized spacial score (nSPS) is 18.0. The van der Waals surface area contributed by atoms with Crippen LogP contribution in [-0.2, 0) is 9.53 Å². The Morgan fingerprint density at radius 3 is 2.42 bits per heavy atom. The van der Waals surface area contributed by atoms with Gasteiger partial charge < -0.3 is 19.9 Å². The number of rotatable bonds is 2. The molecule has 2 saturated heterocycles. The Morgan fingerprint density at radius 2 is 1.73 bits per heavy atom. The van der Waals surface area contributed by atoms with Crippen molar-refractivity contribution in [1.82, 2.24) is 15.1 Å². The molecular formula is C20H25N3O3. The van der Waals surface area contributed by atoms with Crippen LogP contribution in [0.5, 0.6) is 0 Å². The first kappa shape index (κ1) is 18.3. The van der Waals surface area contributed by atoms with E-state index < -0.39 is 0 Å². The maximum absolute atomic E-state index is 12.5. The van der Waals surface area contributed by atoms with Crippen molar-refractivity contribution in [3.05, 3.63) is 35.9 Å². The van der Waals surface area contributed by atoms with Crippen molar-refractivity contribution >= 4 is 11.9 Å². The summed E-state index contributed by atoms with van der Waals surface area (Å²) in [5, 5.41) is 2.83. The molecule has 2 heterocycles. The van der Waals surface area contributed by atoms with E-state index in [1.54, 1.807) is 4.90 Å². The molecule has 0 spiro atoms. The molecule has 0 bridgehead atoms. The second-order valence-corrected chi connectivity index (χ2v) is 6.53. The Bertz CT molecular complexity index is 667. The van der Waals surface area contributed by atoms with Crippen molar-refractivity contribution in [3.63, 3.8) is 0 Å². The van der Waals surface area contributed by atoms with Crippen molar-refractivity contribution in [2.45, 2.75) is 12.8 Å². The van der Waals surface area contributed by atoms with Gasteiger partial charge in [-0.25, -0.2) is 4.79 Å². The van der Waals surface area contributed by atoms with Crippen molar-refractivity contribution in [2.75, 3.05) is 45.9 Å². The molecule has 0 radical (unpaired) electrons. The number of carbonyl (C=O) groups excluding carboxylic acids is 2. The van der Waals surface area contributed by atoms with Gasteiger partial charge in [0.05, 0.1) is 19.8 Å². The molecule has 0 atom stereocenters. The van der Waals surface area contributed by atoms with Gasteiger partial charge in [-0.2, -0.15) is 0 Å². The third-order valence-electron chi connectivity index (χ3n) is 4.79. The average molecular weight is 355 g/mol. The Hall–Kier alpha value is -2.52. The highest BCUT2D eigenvalue weighted by Gasteiger charge is 2.30. The lowest BCUT2D eigenvalue weighted by Gasteiger charge is -2.35. The zero-order valence-electron chi connectivity index (χ0n) is 14.9. The summed E-state index contributed by atoms with van der Waals surface area (Å²) in [6.07, 6.45) is 1.44. The van der Waals surface area contributed by atoms with Crippen LogP contribution in [-0.4, -0.2) is 67.7 Å². The standard InChI is InChI=1S/C20H25N3O3/c24-19(22-13-15-26-16-14-22)18-8-11-23(12-9-18)20(25)21-10-4-7-17-5-2-1-3-6-17/h1-3,5-6,18H,8-16H2,(H,21,25). The Kier molecular flexibility index (Phi) is 6.50. The van der Waals surface area contributed by atoms with Crippen LogP contribution in [0.3, 0.4) is 0 Å². The summed E-state index contributed by atoms with van der Waals surface area (Å²) in [4.78, 5) is 28.4. The van der Waals surface area contributed by atoms with Crippen molar-refractivity contribution in [2.24, 2.45) is 5.92 Å². The lowest BCUT2D eigenvalue weighted by molar-refractivity contribution is -0.141. The number of nitrogens with zero attached hydrogens (tertiary/aromatic N) is 2. The largest absolute Gasteiger partial charge is 0.378 e. The topological polar surface area (TPSA) is 61.9 Å². The number of nitrogens with one attached hydrogen (secondary N) is 1. The van der Waals surface area contributed by atoms with Crippen LogP contribution in [0, 0.1) is 17.8 Å². The van der Waals surface area contributed by atoms with Gasteiger partial charge in [0.15, 0.2) is 0 Å². The van der Waals surface area contributed by atoms with Gasteiger partial charge in [0.1, 0.15) is 0 Å². The number of urea groups is 1. The predicted octanol–water partition coefficient (Wildman–Crippen LogP) is 1.32. The smallest absolute Gasteiger partial charge is 0.318 e. The minimum Gasteiger partial charge on any atom is -0.378 e. The molecule has 26 heavy (non-hydrogen) atoms. The monoisotopic (exact) mass is 355 g/mol. The highest BCUT2D eigenvalue weighted by atomic mass is 16.5. The Balaban J connectivity index is 1.39. The quantitative estimate of drug-likeness (QED) is 0.814. The van der Waals surface area contributed by atoms with E-state index in [-0.39, 0.29) is 17.9 Å². The van der Waals surface area contributed by atoms with Gasteiger partial charge >= 0.3 is 6.03 Å². The summed E-state index contributed by atoms with van der Waals surface area (Å²) in [5.41, 5.74) is 0.934. The fourth-order valence-electron chi connectivity index (χ4n) is 3.27. The highest BCUT2D eigenvalue weighted by molar-refractivity contribution is 5.80. The fraction of sp³-hybridized carbons (Fsp3) is 0.500. The summed E-state index contributed by atoms with van der Waals surface area (Å²) in [6.45, 7) is 4.14. The van der Waals surface area contributed by atoms with Crippen molar-refractivity contribution in [1.29, 1.82) is 0 Å². The highest BCUT2D eigenvalue weighted by Crippen LogP contribution is 2.20. The molecule has 6 nitrogen and oxygen atoms in total. The second-order valence-electron chi connectivity index (χ2n) is 6.53. The number of amides is 3.